The fourth-order valence-corrected chi connectivity index (χ4v) is 2.87. The number of nitrogens with zero attached hydrogens (tertiary/aromatic N) is 1. The SMILES string of the molecule is O=C(COc1ccccc1CN1CCC(O)CC1)NCC1CC1. The predicted octanol–water partition coefficient (Wildman–Crippen LogP) is 1.55. The van der Waals surface area contributed by atoms with Crippen molar-refractivity contribution in [3.63, 3.8) is 0 Å². The molecule has 1 amide bonds. The van der Waals surface area contributed by atoms with Crippen molar-refractivity contribution in [1.29, 1.82) is 0 Å². The highest BCUT2D eigenvalue weighted by molar-refractivity contribution is 5.77. The molecule has 5 nitrogen and oxygen atoms in total. The Bertz CT molecular complexity index is 523. The van der Waals surface area contributed by atoms with Crippen LogP contribution in [0.15, 0.2) is 24.3 Å². The van der Waals surface area contributed by atoms with Gasteiger partial charge in [-0.15, -0.1) is 0 Å². The third-order valence-corrected chi connectivity index (χ3v) is 4.57. The van der Waals surface area contributed by atoms with Crippen LogP contribution in [0.5, 0.6) is 5.75 Å². The summed E-state index contributed by atoms with van der Waals surface area (Å²) in [5, 5.41) is 12.5. The third kappa shape index (κ3) is 5.22. The number of aliphatic hydroxyl groups excluding tert-OH is 1. The lowest BCUT2D eigenvalue weighted by molar-refractivity contribution is -0.123. The number of ether oxygens (including phenoxy) is 1. The number of aliphatic hydroxyl groups is 1. The minimum absolute atomic E-state index is 0.0483. The van der Waals surface area contributed by atoms with Crippen LogP contribution in [-0.4, -0.2) is 48.3 Å². The zero-order valence-electron chi connectivity index (χ0n) is 13.5. The van der Waals surface area contributed by atoms with Gasteiger partial charge in [0, 0.05) is 31.7 Å². The van der Waals surface area contributed by atoms with Gasteiger partial charge in [-0.3, -0.25) is 9.69 Å². The number of rotatable bonds is 7. The summed E-state index contributed by atoms with van der Waals surface area (Å²) in [7, 11) is 0. The van der Waals surface area contributed by atoms with Crippen molar-refractivity contribution in [2.45, 2.75) is 38.3 Å². The van der Waals surface area contributed by atoms with E-state index in [0.717, 1.165) is 50.3 Å². The van der Waals surface area contributed by atoms with Crippen molar-refractivity contribution in [2.24, 2.45) is 5.92 Å². The number of carbonyl (C=O) groups is 1. The molecular weight excluding hydrogens is 292 g/mol. The average molecular weight is 318 g/mol. The van der Waals surface area contributed by atoms with Gasteiger partial charge < -0.3 is 15.2 Å². The van der Waals surface area contributed by atoms with Crippen LogP contribution in [0.2, 0.25) is 0 Å². The van der Waals surface area contributed by atoms with Crippen molar-refractivity contribution in [2.75, 3.05) is 26.2 Å². The Hall–Kier alpha value is -1.59. The second-order valence-corrected chi connectivity index (χ2v) is 6.65. The van der Waals surface area contributed by atoms with E-state index < -0.39 is 0 Å². The number of likely N-dealkylation sites (tertiary alicyclic amines) is 1. The molecule has 126 valence electrons. The van der Waals surface area contributed by atoms with Crippen molar-refractivity contribution >= 4 is 5.91 Å². The molecule has 1 aromatic rings. The molecule has 2 fully saturated rings. The van der Waals surface area contributed by atoms with Gasteiger partial charge in [0.05, 0.1) is 6.10 Å². The van der Waals surface area contributed by atoms with E-state index in [9.17, 15) is 9.90 Å². The normalized spacial score (nSPS) is 19.5. The number of nitrogens with one attached hydrogen (secondary N) is 1. The first-order valence-corrected chi connectivity index (χ1v) is 8.58. The molecule has 1 saturated heterocycles. The van der Waals surface area contributed by atoms with Gasteiger partial charge in [-0.1, -0.05) is 18.2 Å². The Kier molecular flexibility index (Phi) is 5.51. The molecule has 3 rings (SSSR count). The monoisotopic (exact) mass is 318 g/mol. The summed E-state index contributed by atoms with van der Waals surface area (Å²) in [6.07, 6.45) is 3.95. The van der Waals surface area contributed by atoms with Crippen LogP contribution >= 0.6 is 0 Å². The molecule has 0 bridgehead atoms. The zero-order chi connectivity index (χ0) is 16.1. The Balaban J connectivity index is 1.49. The fraction of sp³-hybridized carbons (Fsp3) is 0.611. The first kappa shape index (κ1) is 16.3. The van der Waals surface area contributed by atoms with Crippen LogP contribution in [0.25, 0.3) is 0 Å². The van der Waals surface area contributed by atoms with E-state index in [2.05, 4.69) is 10.2 Å². The molecule has 0 aromatic heterocycles. The van der Waals surface area contributed by atoms with E-state index >= 15 is 0 Å². The van der Waals surface area contributed by atoms with Crippen LogP contribution in [0.3, 0.4) is 0 Å². The lowest BCUT2D eigenvalue weighted by atomic mass is 10.1. The molecule has 0 atom stereocenters. The minimum atomic E-state index is -0.159. The maximum absolute atomic E-state index is 11.8. The molecule has 2 aliphatic rings. The number of hydrogen-bond acceptors (Lipinski definition) is 4. The molecule has 0 unspecified atom stereocenters. The van der Waals surface area contributed by atoms with Gasteiger partial charge in [0.25, 0.3) is 5.91 Å². The number of hydrogen-bond donors (Lipinski definition) is 2. The Labute approximate surface area is 137 Å². The van der Waals surface area contributed by atoms with E-state index in [1.54, 1.807) is 0 Å². The topological polar surface area (TPSA) is 61.8 Å². The van der Waals surface area contributed by atoms with Gasteiger partial charge >= 0.3 is 0 Å². The van der Waals surface area contributed by atoms with E-state index in [0.29, 0.717) is 5.92 Å². The van der Waals surface area contributed by atoms with Crippen LogP contribution in [0.4, 0.5) is 0 Å². The average Bonchev–Trinajstić information content (AvgIpc) is 3.38. The predicted molar refractivity (Wildman–Crippen MR) is 88.2 cm³/mol. The standard InChI is InChI=1S/C18H26N2O3/c21-16-7-9-20(10-8-16)12-15-3-1-2-4-17(15)23-13-18(22)19-11-14-5-6-14/h1-4,14,16,21H,5-13H2,(H,19,22). The number of para-hydroxylation sites is 1. The molecule has 0 spiro atoms. The van der Waals surface area contributed by atoms with E-state index in [1.165, 1.54) is 12.8 Å². The smallest absolute Gasteiger partial charge is 0.257 e. The summed E-state index contributed by atoms with van der Waals surface area (Å²) >= 11 is 0. The zero-order valence-corrected chi connectivity index (χ0v) is 13.5. The fourth-order valence-electron chi connectivity index (χ4n) is 2.87. The van der Waals surface area contributed by atoms with Crippen LogP contribution in [0, 0.1) is 5.92 Å². The molecular formula is C18H26N2O3. The number of benzene rings is 1. The number of amides is 1. The third-order valence-electron chi connectivity index (χ3n) is 4.57. The van der Waals surface area contributed by atoms with Gasteiger partial charge in [-0.25, -0.2) is 0 Å². The first-order chi connectivity index (χ1) is 11.2. The Morgan fingerprint density at radius 2 is 1.96 bits per heavy atom. The Morgan fingerprint density at radius 1 is 1.22 bits per heavy atom. The van der Waals surface area contributed by atoms with Gasteiger partial charge in [-0.2, -0.15) is 0 Å². The highest BCUT2D eigenvalue weighted by atomic mass is 16.5. The molecule has 0 radical (unpaired) electrons. The van der Waals surface area contributed by atoms with Crippen molar-refractivity contribution in [3.8, 4) is 5.75 Å². The number of carbonyl (C=O) groups excluding carboxylic acids is 1. The summed E-state index contributed by atoms with van der Waals surface area (Å²) < 4.78 is 5.73. The summed E-state index contributed by atoms with van der Waals surface area (Å²) in [6, 6.07) is 7.89. The van der Waals surface area contributed by atoms with Crippen molar-refractivity contribution in [1.82, 2.24) is 10.2 Å². The molecule has 1 aliphatic carbocycles. The maximum Gasteiger partial charge on any atom is 0.257 e. The van der Waals surface area contributed by atoms with Gasteiger partial charge in [-0.05, 0) is 37.7 Å². The lowest BCUT2D eigenvalue weighted by Gasteiger charge is -2.29. The molecule has 1 heterocycles. The highest BCUT2D eigenvalue weighted by Gasteiger charge is 2.22. The Morgan fingerprint density at radius 3 is 2.70 bits per heavy atom. The summed E-state index contributed by atoms with van der Waals surface area (Å²) in [6.45, 7) is 3.45. The van der Waals surface area contributed by atoms with E-state index in [-0.39, 0.29) is 18.6 Å². The van der Waals surface area contributed by atoms with Crippen LogP contribution < -0.4 is 10.1 Å². The molecule has 23 heavy (non-hydrogen) atoms. The summed E-state index contributed by atoms with van der Waals surface area (Å²) in [5.41, 5.74) is 1.10. The second-order valence-electron chi connectivity index (χ2n) is 6.65. The summed E-state index contributed by atoms with van der Waals surface area (Å²) in [4.78, 5) is 14.1. The quantitative estimate of drug-likeness (QED) is 0.801. The van der Waals surface area contributed by atoms with Crippen LogP contribution in [0.1, 0.15) is 31.2 Å². The summed E-state index contributed by atoms with van der Waals surface area (Å²) in [5.74, 6) is 1.41. The molecule has 1 saturated carbocycles. The minimum Gasteiger partial charge on any atom is -0.483 e. The van der Waals surface area contributed by atoms with Crippen molar-refractivity contribution in [3.05, 3.63) is 29.8 Å². The molecule has 1 aromatic carbocycles. The largest absolute Gasteiger partial charge is 0.483 e. The second kappa shape index (κ2) is 7.79. The van der Waals surface area contributed by atoms with E-state index in [1.807, 2.05) is 24.3 Å². The van der Waals surface area contributed by atoms with Gasteiger partial charge in [0.1, 0.15) is 5.75 Å². The molecule has 1 aliphatic heterocycles. The van der Waals surface area contributed by atoms with Crippen molar-refractivity contribution < 1.29 is 14.6 Å². The van der Waals surface area contributed by atoms with Gasteiger partial charge in [0.2, 0.25) is 0 Å². The number of piperidine rings is 1. The lowest BCUT2D eigenvalue weighted by Crippen LogP contribution is -2.35. The van der Waals surface area contributed by atoms with Gasteiger partial charge in [0.15, 0.2) is 6.61 Å². The molecule has 5 heteroatoms. The maximum atomic E-state index is 11.8. The molecule has 2 N–H and O–H groups in total. The van der Waals surface area contributed by atoms with Crippen LogP contribution in [-0.2, 0) is 11.3 Å². The highest BCUT2D eigenvalue weighted by Crippen LogP contribution is 2.27. The first-order valence-electron chi connectivity index (χ1n) is 8.58. The van der Waals surface area contributed by atoms with E-state index in [4.69, 9.17) is 4.74 Å².